The number of nitrogens with zero attached hydrogens (tertiary/aromatic N) is 1. The Bertz CT molecular complexity index is 902. The summed E-state index contributed by atoms with van der Waals surface area (Å²) in [6.45, 7) is 1.92. The van der Waals surface area contributed by atoms with E-state index >= 15 is 0 Å². The van der Waals surface area contributed by atoms with Gasteiger partial charge in [0.05, 0.1) is 0 Å². The largest absolute Gasteiger partial charge is 0.484 e. The van der Waals surface area contributed by atoms with Crippen LogP contribution in [0.4, 0.5) is 0 Å². The van der Waals surface area contributed by atoms with E-state index in [1.165, 1.54) is 6.42 Å². The molecule has 1 atom stereocenters. The van der Waals surface area contributed by atoms with Crippen LogP contribution in [0.15, 0.2) is 53.0 Å². The predicted molar refractivity (Wildman–Crippen MR) is 126 cm³/mol. The molecule has 31 heavy (non-hydrogen) atoms. The molecule has 1 aliphatic carbocycles. The molecule has 3 rings (SSSR count). The van der Waals surface area contributed by atoms with E-state index in [0.717, 1.165) is 35.7 Å². The first kappa shape index (κ1) is 23.6. The van der Waals surface area contributed by atoms with Crippen LogP contribution in [0, 0.1) is 0 Å². The van der Waals surface area contributed by atoms with Gasteiger partial charge in [-0.05, 0) is 55.7 Å². The molecule has 0 spiro atoms. The minimum atomic E-state index is -0.614. The highest BCUT2D eigenvalue weighted by Gasteiger charge is 2.28. The minimum absolute atomic E-state index is 0.127. The minimum Gasteiger partial charge on any atom is -0.484 e. The standard InChI is InChI=1S/C24H28BrClN2O3/c1-17(24(30)27-21-10-3-2-4-11-21)28(15-18-7-5-8-19(25)13-18)23(29)16-31-22-12-6-9-20(26)14-22/h5-9,12-14,17,21H,2-4,10-11,15-16H2,1H3,(H,27,30)/t17-/m0/s1. The van der Waals surface area contributed by atoms with E-state index in [9.17, 15) is 9.59 Å². The van der Waals surface area contributed by atoms with Crippen LogP contribution in [0.25, 0.3) is 0 Å². The average Bonchev–Trinajstić information content (AvgIpc) is 2.76. The van der Waals surface area contributed by atoms with Crippen molar-refractivity contribution in [2.45, 2.75) is 57.7 Å². The molecule has 1 saturated carbocycles. The van der Waals surface area contributed by atoms with Crippen LogP contribution < -0.4 is 10.1 Å². The van der Waals surface area contributed by atoms with Gasteiger partial charge in [0.25, 0.3) is 5.91 Å². The number of nitrogens with one attached hydrogen (secondary N) is 1. The number of hydrogen-bond acceptors (Lipinski definition) is 3. The van der Waals surface area contributed by atoms with Crippen molar-refractivity contribution in [3.8, 4) is 5.75 Å². The number of halogens is 2. The number of benzene rings is 2. The molecular weight excluding hydrogens is 480 g/mol. The molecule has 2 aromatic rings. The van der Waals surface area contributed by atoms with Crippen molar-refractivity contribution in [2.24, 2.45) is 0 Å². The van der Waals surface area contributed by atoms with Gasteiger partial charge in [0.2, 0.25) is 5.91 Å². The summed E-state index contributed by atoms with van der Waals surface area (Å²) in [6.07, 6.45) is 5.48. The third-order valence-electron chi connectivity index (χ3n) is 5.52. The van der Waals surface area contributed by atoms with Gasteiger partial charge >= 0.3 is 0 Å². The number of carbonyl (C=O) groups is 2. The summed E-state index contributed by atoms with van der Waals surface area (Å²) in [5.74, 6) is 0.131. The maximum absolute atomic E-state index is 13.1. The third-order valence-corrected chi connectivity index (χ3v) is 6.25. The first-order valence-corrected chi connectivity index (χ1v) is 11.8. The van der Waals surface area contributed by atoms with Crippen molar-refractivity contribution in [1.82, 2.24) is 10.2 Å². The van der Waals surface area contributed by atoms with Crippen molar-refractivity contribution in [1.29, 1.82) is 0 Å². The Kier molecular flexibility index (Phi) is 8.79. The number of rotatable bonds is 8. The van der Waals surface area contributed by atoms with Crippen molar-refractivity contribution in [2.75, 3.05) is 6.61 Å². The van der Waals surface area contributed by atoms with Crippen LogP contribution in [-0.2, 0) is 16.1 Å². The topological polar surface area (TPSA) is 58.6 Å². The molecular formula is C24H28BrClN2O3. The molecule has 0 radical (unpaired) electrons. The SMILES string of the molecule is C[C@@H](C(=O)NC1CCCCC1)N(Cc1cccc(Br)c1)C(=O)COc1cccc(Cl)c1. The molecule has 2 aromatic carbocycles. The van der Waals surface area contributed by atoms with Crippen molar-refractivity contribution < 1.29 is 14.3 Å². The van der Waals surface area contributed by atoms with Gasteiger partial charge in [-0.3, -0.25) is 9.59 Å². The first-order valence-electron chi connectivity index (χ1n) is 10.6. The fraction of sp³-hybridized carbons (Fsp3) is 0.417. The summed E-state index contributed by atoms with van der Waals surface area (Å²) in [5, 5.41) is 3.67. The Hall–Kier alpha value is -2.05. The molecule has 0 bridgehead atoms. The Labute approximate surface area is 197 Å². The van der Waals surface area contributed by atoms with Crippen molar-refractivity contribution >= 4 is 39.3 Å². The normalized spacial score (nSPS) is 15.2. The van der Waals surface area contributed by atoms with Crippen LogP contribution in [-0.4, -0.2) is 35.4 Å². The van der Waals surface area contributed by atoms with E-state index < -0.39 is 6.04 Å². The molecule has 2 amide bonds. The number of hydrogen-bond donors (Lipinski definition) is 1. The molecule has 1 aliphatic rings. The fourth-order valence-corrected chi connectivity index (χ4v) is 4.40. The molecule has 1 N–H and O–H groups in total. The van der Waals surface area contributed by atoms with Crippen LogP contribution in [0.1, 0.15) is 44.6 Å². The lowest BCUT2D eigenvalue weighted by Crippen LogP contribution is -2.51. The maximum atomic E-state index is 13.1. The zero-order valence-electron chi connectivity index (χ0n) is 17.7. The highest BCUT2D eigenvalue weighted by atomic mass is 79.9. The number of carbonyl (C=O) groups excluding carboxylic acids is 2. The van der Waals surface area contributed by atoms with Gasteiger partial charge < -0.3 is 15.0 Å². The molecule has 0 aromatic heterocycles. The van der Waals surface area contributed by atoms with E-state index in [4.69, 9.17) is 16.3 Å². The fourth-order valence-electron chi connectivity index (χ4n) is 3.77. The molecule has 5 nitrogen and oxygen atoms in total. The van der Waals surface area contributed by atoms with Gasteiger partial charge in [-0.2, -0.15) is 0 Å². The highest BCUT2D eigenvalue weighted by molar-refractivity contribution is 9.10. The number of ether oxygens (including phenoxy) is 1. The van der Waals surface area contributed by atoms with E-state index in [1.54, 1.807) is 36.1 Å². The second-order valence-electron chi connectivity index (χ2n) is 7.92. The molecule has 0 unspecified atom stereocenters. The van der Waals surface area contributed by atoms with Gasteiger partial charge in [0.15, 0.2) is 6.61 Å². The van der Waals surface area contributed by atoms with Crippen molar-refractivity contribution in [3.05, 3.63) is 63.6 Å². The zero-order chi connectivity index (χ0) is 22.2. The molecule has 0 heterocycles. The number of amides is 2. The van der Waals surface area contributed by atoms with Crippen LogP contribution >= 0.6 is 27.5 Å². The van der Waals surface area contributed by atoms with E-state index in [-0.39, 0.29) is 24.5 Å². The quantitative estimate of drug-likeness (QED) is 0.524. The van der Waals surface area contributed by atoms with E-state index in [2.05, 4.69) is 21.2 Å². The second-order valence-corrected chi connectivity index (χ2v) is 9.27. The smallest absolute Gasteiger partial charge is 0.261 e. The summed E-state index contributed by atoms with van der Waals surface area (Å²) >= 11 is 9.47. The Morgan fingerprint density at radius 3 is 2.61 bits per heavy atom. The van der Waals surface area contributed by atoms with Crippen molar-refractivity contribution in [3.63, 3.8) is 0 Å². The lowest BCUT2D eigenvalue weighted by atomic mass is 9.95. The van der Waals surface area contributed by atoms with Gasteiger partial charge in [0, 0.05) is 22.1 Å². The molecule has 1 fully saturated rings. The van der Waals surface area contributed by atoms with E-state index in [1.807, 2.05) is 24.3 Å². The summed E-state index contributed by atoms with van der Waals surface area (Å²) in [7, 11) is 0. The predicted octanol–water partition coefficient (Wildman–Crippen LogP) is 5.35. The summed E-state index contributed by atoms with van der Waals surface area (Å²) < 4.78 is 6.58. The highest BCUT2D eigenvalue weighted by Crippen LogP contribution is 2.20. The summed E-state index contributed by atoms with van der Waals surface area (Å²) in [5.41, 5.74) is 0.933. The first-order chi connectivity index (χ1) is 14.9. The van der Waals surface area contributed by atoms with Crippen LogP contribution in [0.3, 0.4) is 0 Å². The monoisotopic (exact) mass is 506 g/mol. The average molecular weight is 508 g/mol. The van der Waals surface area contributed by atoms with E-state index in [0.29, 0.717) is 17.3 Å². The molecule has 0 aliphatic heterocycles. The lowest BCUT2D eigenvalue weighted by Gasteiger charge is -2.31. The second kappa shape index (κ2) is 11.5. The summed E-state index contributed by atoms with van der Waals surface area (Å²) in [4.78, 5) is 27.6. The summed E-state index contributed by atoms with van der Waals surface area (Å²) in [6, 6.07) is 14.2. The van der Waals surface area contributed by atoms with Gasteiger partial charge in [0.1, 0.15) is 11.8 Å². The van der Waals surface area contributed by atoms with Gasteiger partial charge in [-0.25, -0.2) is 0 Å². The van der Waals surface area contributed by atoms with Crippen LogP contribution in [0.5, 0.6) is 5.75 Å². The zero-order valence-corrected chi connectivity index (χ0v) is 20.0. The Morgan fingerprint density at radius 2 is 1.90 bits per heavy atom. The third kappa shape index (κ3) is 7.25. The maximum Gasteiger partial charge on any atom is 0.261 e. The Balaban J connectivity index is 1.70. The lowest BCUT2D eigenvalue weighted by molar-refractivity contribution is -0.142. The van der Waals surface area contributed by atoms with Gasteiger partial charge in [-0.1, -0.05) is 65.0 Å². The Morgan fingerprint density at radius 1 is 1.16 bits per heavy atom. The molecule has 0 saturated heterocycles. The van der Waals surface area contributed by atoms with Gasteiger partial charge in [-0.15, -0.1) is 0 Å². The molecule has 166 valence electrons. The molecule has 7 heteroatoms. The van der Waals surface area contributed by atoms with Crippen LogP contribution in [0.2, 0.25) is 5.02 Å².